The van der Waals surface area contributed by atoms with E-state index in [0.717, 1.165) is 32.1 Å². The third-order valence-electron chi connectivity index (χ3n) is 3.94. The Morgan fingerprint density at radius 3 is 2.70 bits per heavy atom. The van der Waals surface area contributed by atoms with Crippen LogP contribution in [0.25, 0.3) is 0 Å². The van der Waals surface area contributed by atoms with Crippen LogP contribution in [-0.4, -0.2) is 30.6 Å². The van der Waals surface area contributed by atoms with E-state index in [-0.39, 0.29) is 5.41 Å². The molecule has 1 aliphatic rings. The van der Waals surface area contributed by atoms with Crippen molar-refractivity contribution in [1.82, 2.24) is 10.2 Å². The molecule has 1 N–H and O–H groups in total. The van der Waals surface area contributed by atoms with E-state index in [4.69, 9.17) is 0 Å². The molecule has 1 aromatic rings. The highest BCUT2D eigenvalue weighted by Crippen LogP contribution is 2.23. The van der Waals surface area contributed by atoms with Crippen LogP contribution in [0.5, 0.6) is 0 Å². The average molecular weight is 282 g/mol. The van der Waals surface area contributed by atoms with Crippen LogP contribution < -0.4 is 5.32 Å². The summed E-state index contributed by atoms with van der Waals surface area (Å²) in [6.07, 6.45) is 1.05. The fourth-order valence-corrected chi connectivity index (χ4v) is 2.61. The molecule has 2 rings (SSSR count). The summed E-state index contributed by atoms with van der Waals surface area (Å²) in [7, 11) is 0. The molecule has 2 nitrogen and oxygen atoms in total. The van der Waals surface area contributed by atoms with Gasteiger partial charge in [-0.1, -0.05) is 26.8 Å². The van der Waals surface area contributed by atoms with E-state index >= 15 is 0 Å². The quantitative estimate of drug-likeness (QED) is 0.896. The van der Waals surface area contributed by atoms with Crippen LogP contribution in [0, 0.1) is 17.0 Å². The zero-order valence-corrected chi connectivity index (χ0v) is 12.5. The zero-order valence-electron chi connectivity index (χ0n) is 12.5. The first kappa shape index (κ1) is 15.4. The summed E-state index contributed by atoms with van der Waals surface area (Å²) in [6.45, 7) is 10.0. The topological polar surface area (TPSA) is 15.3 Å². The molecule has 1 atom stereocenters. The Balaban J connectivity index is 2.07. The Morgan fingerprint density at radius 2 is 2.05 bits per heavy atom. The van der Waals surface area contributed by atoms with Crippen LogP contribution >= 0.6 is 0 Å². The number of benzene rings is 1. The van der Waals surface area contributed by atoms with Gasteiger partial charge in [-0.3, -0.25) is 4.90 Å². The van der Waals surface area contributed by atoms with E-state index in [2.05, 4.69) is 31.0 Å². The summed E-state index contributed by atoms with van der Waals surface area (Å²) >= 11 is 0. The summed E-state index contributed by atoms with van der Waals surface area (Å²) in [4.78, 5) is 2.26. The molecule has 0 spiro atoms. The summed E-state index contributed by atoms with van der Waals surface area (Å²) in [5, 5.41) is 3.57. The van der Waals surface area contributed by atoms with Crippen molar-refractivity contribution >= 4 is 0 Å². The second kappa shape index (κ2) is 6.19. The fraction of sp³-hybridized carbons (Fsp3) is 0.625. The van der Waals surface area contributed by atoms with Gasteiger partial charge in [0, 0.05) is 30.8 Å². The van der Waals surface area contributed by atoms with Crippen molar-refractivity contribution in [2.24, 2.45) is 5.41 Å². The van der Waals surface area contributed by atoms with E-state index < -0.39 is 11.6 Å². The lowest BCUT2D eigenvalue weighted by Crippen LogP contribution is -2.46. The van der Waals surface area contributed by atoms with Crippen LogP contribution in [-0.2, 0) is 6.54 Å². The maximum absolute atomic E-state index is 13.8. The van der Waals surface area contributed by atoms with Crippen molar-refractivity contribution in [3.63, 3.8) is 0 Å². The molecule has 112 valence electrons. The van der Waals surface area contributed by atoms with Crippen molar-refractivity contribution < 1.29 is 8.78 Å². The molecule has 0 saturated carbocycles. The molecule has 1 unspecified atom stereocenters. The molecule has 1 aromatic carbocycles. The van der Waals surface area contributed by atoms with Crippen molar-refractivity contribution in [1.29, 1.82) is 0 Å². The Bertz CT molecular complexity index is 454. The Kier molecular flexibility index (Phi) is 4.76. The van der Waals surface area contributed by atoms with Gasteiger partial charge in [0.15, 0.2) is 0 Å². The Hall–Kier alpha value is -1.00. The minimum Gasteiger partial charge on any atom is -0.312 e. The zero-order chi connectivity index (χ0) is 14.8. The third-order valence-corrected chi connectivity index (χ3v) is 3.94. The van der Waals surface area contributed by atoms with Gasteiger partial charge in [-0.05, 0) is 31.0 Å². The third kappa shape index (κ3) is 4.00. The first-order valence-electron chi connectivity index (χ1n) is 7.26. The van der Waals surface area contributed by atoms with E-state index in [1.54, 1.807) is 6.07 Å². The Labute approximate surface area is 120 Å². The van der Waals surface area contributed by atoms with Gasteiger partial charge >= 0.3 is 0 Å². The maximum atomic E-state index is 13.8. The lowest BCUT2D eigenvalue weighted by Gasteiger charge is -2.33. The number of nitrogens with one attached hydrogen (secondary N) is 1. The molecule has 0 aromatic heterocycles. The molecule has 20 heavy (non-hydrogen) atoms. The molecule has 0 amide bonds. The SMILES string of the molecule is CC(C)(C)C1CN(Cc2ccc(F)cc2F)CCCN1. The average Bonchev–Trinajstić information content (AvgIpc) is 2.58. The molecule has 0 radical (unpaired) electrons. The molecule has 4 heteroatoms. The highest BCUT2D eigenvalue weighted by Gasteiger charge is 2.28. The molecule has 1 saturated heterocycles. The van der Waals surface area contributed by atoms with Gasteiger partial charge in [-0.15, -0.1) is 0 Å². The van der Waals surface area contributed by atoms with Crippen molar-refractivity contribution in [2.45, 2.75) is 39.8 Å². The van der Waals surface area contributed by atoms with Crippen molar-refractivity contribution in [2.75, 3.05) is 19.6 Å². The van der Waals surface area contributed by atoms with Gasteiger partial charge in [-0.25, -0.2) is 8.78 Å². The van der Waals surface area contributed by atoms with Crippen molar-refractivity contribution in [3.05, 3.63) is 35.4 Å². The standard InChI is InChI=1S/C16H24F2N2/c1-16(2,3)15-11-20(8-4-7-19-15)10-12-5-6-13(17)9-14(12)18/h5-6,9,15,19H,4,7-8,10-11H2,1-3H3. The summed E-state index contributed by atoms with van der Waals surface area (Å²) in [5.41, 5.74) is 0.741. The van der Waals surface area contributed by atoms with Crippen LogP contribution in [0.1, 0.15) is 32.8 Å². The van der Waals surface area contributed by atoms with Gasteiger partial charge in [0.05, 0.1) is 0 Å². The predicted molar refractivity (Wildman–Crippen MR) is 77.5 cm³/mol. The normalized spacial score (nSPS) is 21.8. The second-order valence-electron chi connectivity index (χ2n) is 6.70. The maximum Gasteiger partial charge on any atom is 0.130 e. The van der Waals surface area contributed by atoms with E-state index in [1.165, 1.54) is 6.07 Å². The molecule has 0 aliphatic carbocycles. The van der Waals surface area contributed by atoms with Crippen LogP contribution in [0.4, 0.5) is 8.78 Å². The first-order valence-corrected chi connectivity index (χ1v) is 7.26. The molecule has 0 bridgehead atoms. The minimum atomic E-state index is -0.517. The van der Waals surface area contributed by atoms with E-state index in [1.807, 2.05) is 0 Å². The lowest BCUT2D eigenvalue weighted by atomic mass is 9.86. The smallest absolute Gasteiger partial charge is 0.130 e. The van der Waals surface area contributed by atoms with Gasteiger partial charge in [0.1, 0.15) is 11.6 Å². The number of hydrogen-bond acceptors (Lipinski definition) is 2. The fourth-order valence-electron chi connectivity index (χ4n) is 2.61. The summed E-state index contributed by atoms with van der Waals surface area (Å²) in [5.74, 6) is -0.967. The number of hydrogen-bond donors (Lipinski definition) is 1. The molecular formula is C16H24F2N2. The highest BCUT2D eigenvalue weighted by atomic mass is 19.1. The minimum absolute atomic E-state index is 0.171. The van der Waals surface area contributed by atoms with E-state index in [9.17, 15) is 8.78 Å². The molecule has 1 fully saturated rings. The second-order valence-corrected chi connectivity index (χ2v) is 6.70. The summed E-state index contributed by atoms with van der Waals surface area (Å²) in [6, 6.07) is 4.23. The number of nitrogens with zero attached hydrogens (tertiary/aromatic N) is 1. The lowest BCUT2D eigenvalue weighted by molar-refractivity contribution is 0.190. The predicted octanol–water partition coefficient (Wildman–Crippen LogP) is 3.17. The van der Waals surface area contributed by atoms with Gasteiger partial charge < -0.3 is 5.32 Å². The largest absolute Gasteiger partial charge is 0.312 e. The Morgan fingerprint density at radius 1 is 1.30 bits per heavy atom. The van der Waals surface area contributed by atoms with Crippen LogP contribution in [0.15, 0.2) is 18.2 Å². The van der Waals surface area contributed by atoms with E-state index in [0.29, 0.717) is 18.2 Å². The first-order chi connectivity index (χ1) is 9.36. The van der Waals surface area contributed by atoms with Crippen LogP contribution in [0.3, 0.4) is 0 Å². The van der Waals surface area contributed by atoms with Crippen LogP contribution in [0.2, 0.25) is 0 Å². The van der Waals surface area contributed by atoms with Crippen molar-refractivity contribution in [3.8, 4) is 0 Å². The van der Waals surface area contributed by atoms with Gasteiger partial charge in [-0.2, -0.15) is 0 Å². The highest BCUT2D eigenvalue weighted by molar-refractivity contribution is 5.18. The molecule has 1 aliphatic heterocycles. The monoisotopic (exact) mass is 282 g/mol. The number of halogens is 2. The summed E-state index contributed by atoms with van der Waals surface area (Å²) < 4.78 is 26.7. The number of rotatable bonds is 2. The molecule has 1 heterocycles. The molecular weight excluding hydrogens is 258 g/mol. The van der Waals surface area contributed by atoms with Gasteiger partial charge in [0.25, 0.3) is 0 Å². The van der Waals surface area contributed by atoms with Gasteiger partial charge in [0.2, 0.25) is 0 Å².